The highest BCUT2D eigenvalue weighted by atomic mass is 32.2. The van der Waals surface area contributed by atoms with Gasteiger partial charge in [0, 0.05) is 28.5 Å². The van der Waals surface area contributed by atoms with Crippen LogP contribution < -0.4 is 9.47 Å². The number of rotatable bonds is 10. The molecule has 0 aliphatic rings. The molecule has 0 fully saturated rings. The van der Waals surface area contributed by atoms with E-state index in [9.17, 15) is 14.4 Å². The molecule has 0 saturated heterocycles. The van der Waals surface area contributed by atoms with Crippen LogP contribution in [0.5, 0.6) is 11.5 Å². The molecule has 4 aromatic carbocycles. The lowest BCUT2D eigenvalue weighted by atomic mass is 10.0. The molecule has 4 rings (SSSR count). The Morgan fingerprint density at radius 3 is 2.18 bits per heavy atom. The predicted molar refractivity (Wildman–Crippen MR) is 150 cm³/mol. The Labute approximate surface area is 224 Å². The molecule has 0 N–H and O–H groups in total. The van der Waals surface area contributed by atoms with Crippen LogP contribution in [0.3, 0.4) is 0 Å². The second kappa shape index (κ2) is 12.3. The lowest BCUT2D eigenvalue weighted by molar-refractivity contribution is -0.139. The zero-order chi connectivity index (χ0) is 27.1. The van der Waals surface area contributed by atoms with Crippen molar-refractivity contribution in [2.75, 3.05) is 13.2 Å². The van der Waals surface area contributed by atoms with E-state index in [0.29, 0.717) is 35.7 Å². The van der Waals surface area contributed by atoms with Crippen LogP contribution in [-0.2, 0) is 14.3 Å². The number of ether oxygens (including phenoxy) is 3. The van der Waals surface area contributed by atoms with Gasteiger partial charge in [-0.3, -0.25) is 4.79 Å². The summed E-state index contributed by atoms with van der Waals surface area (Å²) in [5, 5.41) is 3.80. The maximum absolute atomic E-state index is 13.0. The monoisotopic (exact) mass is 526 g/mol. The lowest BCUT2D eigenvalue weighted by Gasteiger charge is -2.09. The van der Waals surface area contributed by atoms with Gasteiger partial charge in [-0.05, 0) is 88.8 Å². The molecule has 192 valence electrons. The fraction of sp³-hybridized carbons (Fsp3) is 0.129. The van der Waals surface area contributed by atoms with Gasteiger partial charge in [-0.2, -0.15) is 0 Å². The van der Waals surface area contributed by atoms with Crippen molar-refractivity contribution in [1.29, 1.82) is 0 Å². The molecule has 0 bridgehead atoms. The summed E-state index contributed by atoms with van der Waals surface area (Å²) < 4.78 is 15.9. The molecule has 0 aliphatic carbocycles. The van der Waals surface area contributed by atoms with Gasteiger partial charge in [-0.15, -0.1) is 0 Å². The first kappa shape index (κ1) is 26.7. The minimum absolute atomic E-state index is 0.0633. The van der Waals surface area contributed by atoms with Crippen molar-refractivity contribution >= 4 is 50.4 Å². The minimum Gasteiger partial charge on any atom is -0.493 e. The van der Waals surface area contributed by atoms with Gasteiger partial charge in [-0.25, -0.2) is 9.59 Å². The van der Waals surface area contributed by atoms with Gasteiger partial charge in [0.1, 0.15) is 11.5 Å². The number of carbonyl (C=O) groups excluding carboxylic acids is 3. The van der Waals surface area contributed by atoms with Gasteiger partial charge in [-0.1, -0.05) is 37.4 Å². The maximum atomic E-state index is 13.0. The number of esters is 2. The highest BCUT2D eigenvalue weighted by molar-refractivity contribution is 8.14. The first-order valence-electron chi connectivity index (χ1n) is 11.9. The zero-order valence-electron chi connectivity index (χ0n) is 20.9. The summed E-state index contributed by atoms with van der Waals surface area (Å²) in [5.74, 6) is 0.211. The van der Waals surface area contributed by atoms with Crippen LogP contribution in [0.1, 0.15) is 23.7 Å². The van der Waals surface area contributed by atoms with Crippen LogP contribution in [-0.4, -0.2) is 30.3 Å². The molecular formula is C31H26O6S. The molecule has 0 amide bonds. The van der Waals surface area contributed by atoms with E-state index in [0.717, 1.165) is 44.3 Å². The predicted octanol–water partition coefficient (Wildman–Crippen LogP) is 6.91. The average Bonchev–Trinajstić information content (AvgIpc) is 2.92. The summed E-state index contributed by atoms with van der Waals surface area (Å²) in [6.45, 7) is 9.23. The van der Waals surface area contributed by atoms with Gasteiger partial charge in [0.15, 0.2) is 0 Å². The van der Waals surface area contributed by atoms with Gasteiger partial charge in [0.25, 0.3) is 0 Å². The molecular weight excluding hydrogens is 500 g/mol. The Morgan fingerprint density at radius 1 is 0.842 bits per heavy atom. The lowest BCUT2D eigenvalue weighted by Crippen LogP contribution is -2.09. The molecule has 0 unspecified atom stereocenters. The van der Waals surface area contributed by atoms with E-state index in [1.807, 2.05) is 60.7 Å². The Balaban J connectivity index is 1.37. The summed E-state index contributed by atoms with van der Waals surface area (Å²) in [5.41, 5.74) is 0.970. The second-order valence-corrected chi connectivity index (χ2v) is 9.54. The number of fused-ring (bicyclic) bond motifs is 3. The van der Waals surface area contributed by atoms with Crippen molar-refractivity contribution in [3.05, 3.63) is 103 Å². The molecule has 0 atom stereocenters. The van der Waals surface area contributed by atoms with E-state index in [1.54, 1.807) is 19.1 Å². The third-order valence-electron chi connectivity index (χ3n) is 5.60. The summed E-state index contributed by atoms with van der Waals surface area (Å²) in [6.07, 6.45) is 1.69. The van der Waals surface area contributed by atoms with Crippen molar-refractivity contribution in [2.45, 2.75) is 18.2 Å². The van der Waals surface area contributed by atoms with E-state index >= 15 is 0 Å². The van der Waals surface area contributed by atoms with Crippen molar-refractivity contribution < 1.29 is 28.6 Å². The quantitative estimate of drug-likeness (QED) is 0.0555. The maximum Gasteiger partial charge on any atom is 0.335 e. The molecule has 0 radical (unpaired) electrons. The Hall–Kier alpha value is -4.36. The van der Waals surface area contributed by atoms with E-state index in [2.05, 4.69) is 13.2 Å². The summed E-state index contributed by atoms with van der Waals surface area (Å²) >= 11 is 1.15. The van der Waals surface area contributed by atoms with Gasteiger partial charge in [0.05, 0.1) is 13.2 Å². The van der Waals surface area contributed by atoms with E-state index in [1.165, 1.54) is 0 Å². The summed E-state index contributed by atoms with van der Waals surface area (Å²) in [6, 6.07) is 22.3. The van der Waals surface area contributed by atoms with E-state index in [-0.39, 0.29) is 11.7 Å². The Kier molecular flexibility index (Phi) is 8.61. The molecule has 0 saturated carbocycles. The van der Waals surface area contributed by atoms with Crippen molar-refractivity contribution in [3.8, 4) is 11.5 Å². The van der Waals surface area contributed by atoms with Crippen LogP contribution in [0.2, 0.25) is 0 Å². The first-order valence-corrected chi connectivity index (χ1v) is 12.7. The molecule has 0 heterocycles. The van der Waals surface area contributed by atoms with Crippen LogP contribution in [0.25, 0.3) is 21.5 Å². The number of benzene rings is 4. The summed E-state index contributed by atoms with van der Waals surface area (Å²) in [7, 11) is 0. The third-order valence-corrected chi connectivity index (χ3v) is 6.53. The van der Waals surface area contributed by atoms with Crippen LogP contribution in [0.15, 0.2) is 102 Å². The topological polar surface area (TPSA) is 78.9 Å². The van der Waals surface area contributed by atoms with E-state index in [4.69, 9.17) is 14.2 Å². The number of hydrogen-bond donors (Lipinski definition) is 0. The molecule has 0 aliphatic heterocycles. The van der Waals surface area contributed by atoms with Crippen molar-refractivity contribution in [3.63, 3.8) is 0 Å². The largest absolute Gasteiger partial charge is 0.493 e. The zero-order valence-corrected chi connectivity index (χ0v) is 21.7. The van der Waals surface area contributed by atoms with Crippen molar-refractivity contribution in [1.82, 2.24) is 0 Å². The van der Waals surface area contributed by atoms with Gasteiger partial charge in [0.2, 0.25) is 5.12 Å². The molecule has 0 aromatic heterocycles. The number of thioether (sulfide) groups is 1. The van der Waals surface area contributed by atoms with Gasteiger partial charge < -0.3 is 14.2 Å². The minimum atomic E-state index is -0.508. The smallest absolute Gasteiger partial charge is 0.335 e. The van der Waals surface area contributed by atoms with Gasteiger partial charge >= 0.3 is 11.9 Å². The normalized spacial score (nSPS) is 10.7. The standard InChI is InChI=1S/C31H26O6S/c1-4-29(32)37-25-11-15-28-22(19-25)7-6-21-18-23(8-14-27(21)28)31(34)38-26-12-9-24(10-13-26)35-16-5-17-36-30(33)20(2)3/h4,6-15,18-19H,1-2,5,16-17H2,3H3. The SMILES string of the molecule is C=CC(=O)Oc1ccc2c(ccc3cc(C(=O)Sc4ccc(OCCCOC(=O)C(=C)C)cc4)ccc32)c1. The first-order chi connectivity index (χ1) is 18.3. The highest BCUT2D eigenvalue weighted by Crippen LogP contribution is 2.31. The van der Waals surface area contributed by atoms with Crippen LogP contribution >= 0.6 is 11.8 Å². The highest BCUT2D eigenvalue weighted by Gasteiger charge is 2.11. The molecule has 4 aromatic rings. The Bertz CT molecular complexity index is 1540. The number of hydrogen-bond acceptors (Lipinski definition) is 7. The Morgan fingerprint density at radius 2 is 1.50 bits per heavy atom. The third kappa shape index (κ3) is 6.69. The fourth-order valence-corrected chi connectivity index (χ4v) is 4.44. The average molecular weight is 527 g/mol. The van der Waals surface area contributed by atoms with Crippen molar-refractivity contribution in [2.24, 2.45) is 0 Å². The fourth-order valence-electron chi connectivity index (χ4n) is 3.70. The van der Waals surface area contributed by atoms with Crippen LogP contribution in [0.4, 0.5) is 0 Å². The molecule has 7 heteroatoms. The summed E-state index contributed by atoms with van der Waals surface area (Å²) in [4.78, 5) is 36.6. The van der Waals surface area contributed by atoms with E-state index < -0.39 is 11.9 Å². The second-order valence-electron chi connectivity index (χ2n) is 8.49. The number of carbonyl (C=O) groups is 3. The molecule has 0 spiro atoms. The van der Waals surface area contributed by atoms with Crippen LogP contribution in [0, 0.1) is 0 Å². The molecule has 6 nitrogen and oxygen atoms in total. The molecule has 38 heavy (non-hydrogen) atoms.